The second-order valence-electron chi connectivity index (χ2n) is 20.2. The van der Waals surface area contributed by atoms with E-state index in [1.54, 1.807) is 18.2 Å². The summed E-state index contributed by atoms with van der Waals surface area (Å²) >= 11 is 0. The van der Waals surface area contributed by atoms with Crippen LogP contribution in [0.2, 0.25) is 0 Å². The maximum atomic E-state index is 14.1. The molecule has 2 aliphatic heterocycles. The minimum Gasteiger partial charge on any atom is -0.508 e. The van der Waals surface area contributed by atoms with Crippen LogP contribution in [0.25, 0.3) is 0 Å². The molecule has 300 valence electrons. The number of hydrogen-bond donors (Lipinski definition) is 5. The van der Waals surface area contributed by atoms with E-state index in [2.05, 4.69) is 39.8 Å². The highest BCUT2D eigenvalue weighted by atomic mass is 16.6. The average Bonchev–Trinajstić information content (AvgIpc) is 3.83. The van der Waals surface area contributed by atoms with Crippen LogP contribution in [0.1, 0.15) is 117 Å². The van der Waals surface area contributed by atoms with Crippen LogP contribution in [0.15, 0.2) is 42.0 Å². The van der Waals surface area contributed by atoms with Crippen LogP contribution < -0.4 is 4.90 Å². The van der Waals surface area contributed by atoms with Crippen molar-refractivity contribution in [2.75, 3.05) is 11.4 Å². The zero-order chi connectivity index (χ0) is 38.9. The Balaban J connectivity index is 1.11. The van der Waals surface area contributed by atoms with Crippen LogP contribution in [0, 0.1) is 51.8 Å². The van der Waals surface area contributed by atoms with Gasteiger partial charge in [-0.1, -0.05) is 59.1 Å². The van der Waals surface area contributed by atoms with Gasteiger partial charge in [0.25, 0.3) is 0 Å². The molecule has 0 unspecified atom stereocenters. The van der Waals surface area contributed by atoms with Crippen molar-refractivity contribution in [2.45, 2.75) is 153 Å². The average molecular weight is 758 g/mol. The molecular formula is C46H63NO8. The van der Waals surface area contributed by atoms with Crippen molar-refractivity contribution in [1.29, 1.82) is 0 Å². The van der Waals surface area contributed by atoms with Crippen LogP contribution >= 0.6 is 0 Å². The number of carbonyl (C=O) groups is 2. The number of hydrogen-bond acceptors (Lipinski definition) is 8. The van der Waals surface area contributed by atoms with Gasteiger partial charge in [-0.05, 0) is 129 Å². The van der Waals surface area contributed by atoms with Crippen molar-refractivity contribution in [3.8, 4) is 5.75 Å². The van der Waals surface area contributed by atoms with Crippen molar-refractivity contribution in [3.05, 3.63) is 47.6 Å². The van der Waals surface area contributed by atoms with Crippen molar-refractivity contribution in [2.24, 2.45) is 51.8 Å². The number of aromatic hydroxyl groups is 1. The van der Waals surface area contributed by atoms with E-state index in [1.165, 1.54) is 6.42 Å². The van der Waals surface area contributed by atoms with Crippen LogP contribution in [-0.2, 0) is 20.7 Å². The fraction of sp³-hybridized carbons (Fsp3) is 0.739. The molecule has 1 amide bonds. The fourth-order valence-corrected chi connectivity index (χ4v) is 14.1. The van der Waals surface area contributed by atoms with Gasteiger partial charge in [-0.3, -0.25) is 9.59 Å². The lowest BCUT2D eigenvalue weighted by atomic mass is 9.42. The van der Waals surface area contributed by atoms with Gasteiger partial charge in [-0.15, -0.1) is 0 Å². The second-order valence-corrected chi connectivity index (χ2v) is 20.2. The highest BCUT2D eigenvalue weighted by Gasteiger charge is 2.76. The first-order valence-corrected chi connectivity index (χ1v) is 21.6. The number of phenolic OH excluding ortho intramolecular Hbond substituents is 1. The third-order valence-corrected chi connectivity index (χ3v) is 17.4. The molecule has 1 aromatic rings. The Morgan fingerprint density at radius 2 is 1.71 bits per heavy atom. The number of benzene rings is 1. The largest absolute Gasteiger partial charge is 0.508 e. The van der Waals surface area contributed by atoms with Crippen molar-refractivity contribution in [1.82, 2.24) is 0 Å². The molecule has 9 nitrogen and oxygen atoms in total. The number of phenols is 1. The topological polar surface area (TPSA) is 151 Å². The van der Waals surface area contributed by atoms with E-state index >= 15 is 0 Å². The first-order chi connectivity index (χ1) is 26.1. The smallest absolute Gasteiger partial charge is 0.233 e. The van der Waals surface area contributed by atoms with Gasteiger partial charge < -0.3 is 35.2 Å². The van der Waals surface area contributed by atoms with Crippen molar-refractivity contribution < 1.29 is 39.9 Å². The Morgan fingerprint density at radius 3 is 2.45 bits per heavy atom. The molecule has 0 radical (unpaired) electrons. The first-order valence-electron chi connectivity index (χ1n) is 21.6. The van der Waals surface area contributed by atoms with Gasteiger partial charge in [0.05, 0.1) is 29.3 Å². The van der Waals surface area contributed by atoms with Gasteiger partial charge in [-0.25, -0.2) is 0 Å². The molecule has 5 N–H and O–H groups in total. The second kappa shape index (κ2) is 13.0. The first kappa shape index (κ1) is 38.0. The molecule has 6 aliphatic carbocycles. The number of rotatable bonds is 7. The summed E-state index contributed by atoms with van der Waals surface area (Å²) in [6.07, 6.45) is 13.2. The molecule has 2 heterocycles. The minimum atomic E-state index is -1.41. The zero-order valence-electron chi connectivity index (χ0n) is 33.3. The number of ketones is 1. The Kier molecular flexibility index (Phi) is 8.96. The third-order valence-electron chi connectivity index (χ3n) is 17.4. The fourth-order valence-electron chi connectivity index (χ4n) is 14.1. The number of aliphatic hydroxyl groups is 4. The lowest BCUT2D eigenvalue weighted by Gasteiger charge is -2.63. The molecule has 8 aliphatic rings. The monoisotopic (exact) mass is 757 g/mol. The van der Waals surface area contributed by atoms with Crippen LogP contribution in [0.3, 0.4) is 0 Å². The normalized spacial score (nSPS) is 44.9. The van der Waals surface area contributed by atoms with Crippen LogP contribution in [-0.4, -0.2) is 79.4 Å². The van der Waals surface area contributed by atoms with E-state index in [1.807, 2.05) is 11.0 Å². The number of carbonyl (C=O) groups excluding carboxylic acids is 2. The summed E-state index contributed by atoms with van der Waals surface area (Å²) in [5.74, 6) is -0.277. The number of aliphatic hydroxyl groups excluding tert-OH is 2. The lowest BCUT2D eigenvalue weighted by molar-refractivity contribution is -0.182. The number of aryl methyl sites for hydroxylation is 1. The Labute approximate surface area is 326 Å². The molecule has 55 heavy (non-hydrogen) atoms. The van der Waals surface area contributed by atoms with Crippen LogP contribution in [0.4, 0.5) is 5.69 Å². The molecule has 9 rings (SSSR count). The van der Waals surface area contributed by atoms with Gasteiger partial charge in [0.1, 0.15) is 17.5 Å². The summed E-state index contributed by atoms with van der Waals surface area (Å²) in [5, 5.41) is 59.6. The number of ether oxygens (including phenoxy) is 1. The lowest BCUT2D eigenvalue weighted by Crippen LogP contribution is -2.66. The van der Waals surface area contributed by atoms with E-state index in [9.17, 15) is 35.1 Å². The van der Waals surface area contributed by atoms with E-state index in [0.29, 0.717) is 56.7 Å². The van der Waals surface area contributed by atoms with Gasteiger partial charge >= 0.3 is 0 Å². The van der Waals surface area contributed by atoms with E-state index < -0.39 is 40.2 Å². The third kappa shape index (κ3) is 5.41. The Hall–Kier alpha value is -2.56. The molecule has 0 aromatic heterocycles. The SMILES string of the molecule is CC(C)[C@@H](C)[C@H]1O[C@H]1[C@]1(O)CC=C[C@H]2C[C@@H]3C(=CC(=O)[C@H]4C[C@@H](O)[C@@H](O)C[C@@]43C)[C@@]3(O)CC[C@H]1[C@@]23CCc1cc(O)cc(N2CCC3(CCCCC3)C2=O)c1. The highest BCUT2D eigenvalue weighted by molar-refractivity contribution is 6.00. The number of allylic oxidation sites excluding steroid dienone is 2. The van der Waals surface area contributed by atoms with Gasteiger partial charge in [0.2, 0.25) is 5.91 Å². The van der Waals surface area contributed by atoms with Crippen molar-refractivity contribution in [3.63, 3.8) is 0 Å². The number of epoxide rings is 1. The van der Waals surface area contributed by atoms with Crippen LogP contribution in [0.5, 0.6) is 5.75 Å². The standard InChI is InChI=1S/C46H63NO8/c1-26(2)27(3)39-40(55-39)45(53)14-8-9-29-21-32-33(23-35(49)34-24-36(50)37(51)25-42(32,34)4)46(54)16-11-38(45)44(29,46)15-10-28-19-30(22-31(48)20-28)47-18-17-43(41(47)52)12-6-5-7-13-43/h8-9,19-20,22-23,26-27,29,32,34,36-40,48,50-51,53-54H,5-7,10-18,21,24-25H2,1-4H3/t27-,29+,32-,34-,36-,37+,38+,39-,40-,42-,44-,45+,46+/m1/s1. The number of fused-ring (bicyclic) bond motifs is 4. The molecular weight excluding hydrogens is 695 g/mol. The van der Waals surface area contributed by atoms with Gasteiger partial charge in [0, 0.05) is 35.5 Å². The van der Waals surface area contributed by atoms with Gasteiger partial charge in [-0.2, -0.15) is 0 Å². The molecule has 2 saturated heterocycles. The molecule has 1 spiro atoms. The molecule has 4 saturated carbocycles. The number of anilines is 1. The molecule has 0 bridgehead atoms. The van der Waals surface area contributed by atoms with E-state index in [0.717, 1.165) is 43.2 Å². The summed E-state index contributed by atoms with van der Waals surface area (Å²) in [6.45, 7) is 9.27. The highest BCUT2D eigenvalue weighted by Crippen LogP contribution is 2.73. The predicted molar refractivity (Wildman–Crippen MR) is 208 cm³/mol. The maximum Gasteiger partial charge on any atom is 0.233 e. The van der Waals surface area contributed by atoms with E-state index in [-0.39, 0.29) is 71.6 Å². The summed E-state index contributed by atoms with van der Waals surface area (Å²) in [7, 11) is 0. The zero-order valence-corrected chi connectivity index (χ0v) is 33.3. The summed E-state index contributed by atoms with van der Waals surface area (Å²) in [6, 6.07) is 5.51. The number of nitrogens with zero attached hydrogens (tertiary/aromatic N) is 1. The molecule has 9 heteroatoms. The summed E-state index contributed by atoms with van der Waals surface area (Å²) in [5.41, 5.74) is -2.10. The minimum absolute atomic E-state index is 0.0820. The Bertz CT molecular complexity index is 1800. The Morgan fingerprint density at radius 1 is 0.945 bits per heavy atom. The van der Waals surface area contributed by atoms with Gasteiger partial charge in [0.15, 0.2) is 5.78 Å². The predicted octanol–water partition coefficient (Wildman–Crippen LogP) is 6.17. The maximum absolute atomic E-state index is 14.1. The molecule has 6 fully saturated rings. The molecule has 13 atom stereocenters. The van der Waals surface area contributed by atoms with E-state index in [4.69, 9.17) is 4.74 Å². The summed E-state index contributed by atoms with van der Waals surface area (Å²) in [4.78, 5) is 29.9. The number of amides is 1. The summed E-state index contributed by atoms with van der Waals surface area (Å²) < 4.78 is 6.43. The molecule has 1 aromatic carbocycles. The quantitative estimate of drug-likeness (QED) is 0.164. The van der Waals surface area contributed by atoms with Crippen molar-refractivity contribution >= 4 is 17.4 Å².